The van der Waals surface area contributed by atoms with E-state index in [4.69, 9.17) is 10.3 Å². The molecule has 0 spiro atoms. The number of nitrogens with zero attached hydrogens (tertiary/aromatic N) is 2. The summed E-state index contributed by atoms with van der Waals surface area (Å²) in [5.41, 5.74) is 9.60. The lowest BCUT2D eigenvalue weighted by Crippen LogP contribution is -1.93. The number of rotatable bonds is 3. The van der Waals surface area contributed by atoms with Crippen molar-refractivity contribution in [2.45, 2.75) is 13.3 Å². The Kier molecular flexibility index (Phi) is 3.75. The van der Waals surface area contributed by atoms with Gasteiger partial charge in [0.25, 0.3) is 5.89 Å². The van der Waals surface area contributed by atoms with Crippen molar-refractivity contribution in [2.24, 2.45) is 0 Å². The highest BCUT2D eigenvalue weighted by atomic mass is 79.9. The van der Waals surface area contributed by atoms with Crippen molar-refractivity contribution < 1.29 is 4.52 Å². The van der Waals surface area contributed by atoms with Crippen LogP contribution in [0, 0.1) is 6.92 Å². The smallest absolute Gasteiger partial charge is 0.260 e. The molecule has 5 heteroatoms. The molecule has 0 aliphatic rings. The summed E-state index contributed by atoms with van der Waals surface area (Å²) < 4.78 is 6.38. The van der Waals surface area contributed by atoms with Crippen molar-refractivity contribution in [1.82, 2.24) is 10.1 Å². The molecule has 0 bridgehead atoms. The third-order valence-electron chi connectivity index (χ3n) is 3.21. The summed E-state index contributed by atoms with van der Waals surface area (Å²) in [6, 6.07) is 13.7. The molecule has 21 heavy (non-hydrogen) atoms. The molecule has 1 aromatic heterocycles. The maximum atomic E-state index is 5.97. The largest absolute Gasteiger partial charge is 0.398 e. The van der Waals surface area contributed by atoms with Gasteiger partial charge in [0.05, 0.1) is 5.56 Å². The lowest BCUT2D eigenvalue weighted by molar-refractivity contribution is 0.424. The van der Waals surface area contributed by atoms with Gasteiger partial charge in [-0.25, -0.2) is 0 Å². The molecule has 2 aromatic carbocycles. The van der Waals surface area contributed by atoms with E-state index in [-0.39, 0.29) is 0 Å². The Balaban J connectivity index is 1.90. The molecule has 4 nitrogen and oxygen atoms in total. The summed E-state index contributed by atoms with van der Waals surface area (Å²) in [5, 5.41) is 4.04. The highest BCUT2D eigenvalue weighted by molar-refractivity contribution is 9.10. The number of aryl methyl sites for hydroxylation is 1. The van der Waals surface area contributed by atoms with Gasteiger partial charge in [0.15, 0.2) is 5.82 Å². The molecule has 0 amide bonds. The molecule has 2 N–H and O–H groups in total. The highest BCUT2D eigenvalue weighted by Crippen LogP contribution is 2.26. The van der Waals surface area contributed by atoms with Crippen molar-refractivity contribution in [3.05, 3.63) is 63.9 Å². The predicted molar refractivity (Wildman–Crippen MR) is 85.8 cm³/mol. The van der Waals surface area contributed by atoms with Crippen LogP contribution < -0.4 is 5.73 Å². The van der Waals surface area contributed by atoms with E-state index in [0.29, 0.717) is 23.8 Å². The van der Waals surface area contributed by atoms with Crippen LogP contribution in [0.25, 0.3) is 11.5 Å². The molecule has 106 valence electrons. The van der Waals surface area contributed by atoms with Crippen molar-refractivity contribution >= 4 is 21.6 Å². The fourth-order valence-corrected chi connectivity index (χ4v) is 2.53. The first-order valence-corrected chi connectivity index (χ1v) is 7.35. The second-order valence-corrected chi connectivity index (χ2v) is 5.73. The number of halogens is 1. The van der Waals surface area contributed by atoms with Gasteiger partial charge in [-0.3, -0.25) is 0 Å². The van der Waals surface area contributed by atoms with Gasteiger partial charge >= 0.3 is 0 Å². The second-order valence-electron chi connectivity index (χ2n) is 4.87. The molecule has 1 heterocycles. The minimum atomic E-state index is 0.457. The number of hydrogen-bond acceptors (Lipinski definition) is 4. The maximum Gasteiger partial charge on any atom is 0.260 e. The van der Waals surface area contributed by atoms with Crippen LogP contribution in [0.4, 0.5) is 5.69 Å². The van der Waals surface area contributed by atoms with Crippen LogP contribution in [-0.2, 0) is 6.42 Å². The highest BCUT2D eigenvalue weighted by Gasteiger charge is 2.13. The molecule has 0 fully saturated rings. The number of benzene rings is 2. The van der Waals surface area contributed by atoms with E-state index in [1.165, 1.54) is 0 Å². The quantitative estimate of drug-likeness (QED) is 0.730. The summed E-state index contributed by atoms with van der Waals surface area (Å²) in [5.74, 6) is 1.09. The van der Waals surface area contributed by atoms with E-state index in [2.05, 4.69) is 26.1 Å². The van der Waals surface area contributed by atoms with Crippen molar-refractivity contribution in [3.8, 4) is 11.5 Å². The summed E-state index contributed by atoms with van der Waals surface area (Å²) in [7, 11) is 0. The number of hydrogen-bond donors (Lipinski definition) is 1. The summed E-state index contributed by atoms with van der Waals surface area (Å²) in [6.45, 7) is 2.00. The first kappa shape index (κ1) is 13.8. The zero-order valence-electron chi connectivity index (χ0n) is 11.5. The van der Waals surface area contributed by atoms with Crippen LogP contribution in [0.3, 0.4) is 0 Å². The zero-order valence-corrected chi connectivity index (χ0v) is 13.1. The van der Waals surface area contributed by atoms with Gasteiger partial charge < -0.3 is 10.3 Å². The first-order valence-electron chi connectivity index (χ1n) is 6.56. The average molecular weight is 344 g/mol. The van der Waals surface area contributed by atoms with Crippen LogP contribution in [0.5, 0.6) is 0 Å². The molecular formula is C16H14BrN3O. The number of nitrogen functional groups attached to an aromatic ring is 1. The fourth-order valence-electron chi connectivity index (χ4n) is 2.10. The van der Waals surface area contributed by atoms with Crippen LogP contribution in [-0.4, -0.2) is 10.1 Å². The molecular weight excluding hydrogens is 330 g/mol. The van der Waals surface area contributed by atoms with Crippen molar-refractivity contribution in [1.29, 1.82) is 0 Å². The van der Waals surface area contributed by atoms with Crippen LogP contribution in [0.15, 0.2) is 51.5 Å². The van der Waals surface area contributed by atoms with Crippen LogP contribution >= 0.6 is 15.9 Å². The van der Waals surface area contributed by atoms with Crippen LogP contribution in [0.2, 0.25) is 0 Å². The number of anilines is 1. The zero-order chi connectivity index (χ0) is 14.8. The molecule has 0 saturated heterocycles. The molecule has 0 saturated carbocycles. The Bertz CT molecular complexity index is 783. The van der Waals surface area contributed by atoms with E-state index in [0.717, 1.165) is 21.2 Å². The van der Waals surface area contributed by atoms with Gasteiger partial charge in [-0.1, -0.05) is 50.9 Å². The van der Waals surface area contributed by atoms with E-state index in [1.54, 1.807) is 0 Å². The molecule has 0 unspecified atom stereocenters. The third kappa shape index (κ3) is 2.97. The molecule has 0 aliphatic carbocycles. The summed E-state index contributed by atoms with van der Waals surface area (Å²) in [6.07, 6.45) is 0.608. The summed E-state index contributed by atoms with van der Waals surface area (Å²) in [4.78, 5) is 4.44. The summed E-state index contributed by atoms with van der Waals surface area (Å²) >= 11 is 3.52. The lowest BCUT2D eigenvalue weighted by atomic mass is 10.1. The van der Waals surface area contributed by atoms with Gasteiger partial charge in [-0.05, 0) is 30.7 Å². The van der Waals surface area contributed by atoms with Crippen molar-refractivity contribution in [3.63, 3.8) is 0 Å². The Labute approximate surface area is 131 Å². The minimum Gasteiger partial charge on any atom is -0.398 e. The van der Waals surface area contributed by atoms with Gasteiger partial charge in [0, 0.05) is 16.6 Å². The normalized spacial score (nSPS) is 10.8. The topological polar surface area (TPSA) is 64.9 Å². The SMILES string of the molecule is Cc1ccc(N)c(-c2nc(Cc3ccccc3Br)no2)c1. The van der Waals surface area contributed by atoms with Gasteiger partial charge in [-0.15, -0.1) is 0 Å². The average Bonchev–Trinajstić information content (AvgIpc) is 2.92. The maximum absolute atomic E-state index is 5.97. The Hall–Kier alpha value is -2.14. The minimum absolute atomic E-state index is 0.457. The Morgan fingerprint density at radius 1 is 1.19 bits per heavy atom. The number of aromatic nitrogens is 2. The van der Waals surface area contributed by atoms with Crippen LogP contribution in [0.1, 0.15) is 17.0 Å². The van der Waals surface area contributed by atoms with E-state index in [1.807, 2.05) is 49.4 Å². The fraction of sp³-hybridized carbons (Fsp3) is 0.125. The van der Waals surface area contributed by atoms with Gasteiger partial charge in [0.1, 0.15) is 0 Å². The Morgan fingerprint density at radius 2 is 2.00 bits per heavy atom. The van der Waals surface area contributed by atoms with E-state index < -0.39 is 0 Å². The molecule has 0 radical (unpaired) electrons. The lowest BCUT2D eigenvalue weighted by Gasteiger charge is -2.01. The molecule has 3 rings (SSSR count). The van der Waals surface area contributed by atoms with Crippen molar-refractivity contribution in [2.75, 3.05) is 5.73 Å². The Morgan fingerprint density at radius 3 is 2.81 bits per heavy atom. The first-order chi connectivity index (χ1) is 10.1. The van der Waals surface area contributed by atoms with E-state index in [9.17, 15) is 0 Å². The monoisotopic (exact) mass is 343 g/mol. The molecule has 0 atom stereocenters. The third-order valence-corrected chi connectivity index (χ3v) is 3.99. The van der Waals surface area contributed by atoms with Gasteiger partial charge in [-0.2, -0.15) is 4.98 Å². The van der Waals surface area contributed by atoms with Gasteiger partial charge in [0.2, 0.25) is 0 Å². The second kappa shape index (κ2) is 5.69. The predicted octanol–water partition coefficient (Wildman–Crippen LogP) is 3.98. The molecule has 3 aromatic rings. The molecule has 0 aliphatic heterocycles. The standard InChI is InChI=1S/C16H14BrN3O/c1-10-6-7-14(18)12(8-10)16-19-15(20-21-16)9-11-4-2-3-5-13(11)17/h2-8H,9,18H2,1H3. The van der Waals surface area contributed by atoms with E-state index >= 15 is 0 Å². The number of nitrogens with two attached hydrogens (primary N) is 1.